The fourth-order valence-electron chi connectivity index (χ4n) is 0.880. The fraction of sp³-hybridized carbons (Fsp3) is 0.500. The number of unbranched alkanes of at least 4 members (excludes halogenated alkanes) is 1. The number of hydrogen-bond acceptors (Lipinski definition) is 1. The van der Waals surface area contributed by atoms with Crippen LogP contribution in [0.5, 0.6) is 0 Å². The zero-order valence-electron chi connectivity index (χ0n) is 6.15. The summed E-state index contributed by atoms with van der Waals surface area (Å²) in [6.45, 7) is 0. The van der Waals surface area contributed by atoms with Crippen molar-refractivity contribution in [2.45, 2.75) is 19.3 Å². The zero-order chi connectivity index (χ0) is 8.10. The van der Waals surface area contributed by atoms with Crippen molar-refractivity contribution < 1.29 is 4.42 Å². The van der Waals surface area contributed by atoms with Crippen LogP contribution in [0.25, 0.3) is 0 Å². The Kier molecular flexibility index (Phi) is 4.23. The minimum atomic E-state index is 0.825. The van der Waals surface area contributed by atoms with Crippen molar-refractivity contribution in [2.24, 2.45) is 0 Å². The highest BCUT2D eigenvalue weighted by Gasteiger charge is 1.97. The van der Waals surface area contributed by atoms with Crippen LogP contribution in [0, 0.1) is 0 Å². The average molecular weight is 282 g/mol. The monoisotopic (exact) mass is 280 g/mol. The first-order valence-corrected chi connectivity index (χ1v) is 5.54. The number of hydrogen-bond donors (Lipinski definition) is 0. The molecule has 11 heavy (non-hydrogen) atoms. The van der Waals surface area contributed by atoms with E-state index in [1.54, 1.807) is 0 Å². The summed E-state index contributed by atoms with van der Waals surface area (Å²) in [5.41, 5.74) is 0. The van der Waals surface area contributed by atoms with E-state index in [4.69, 9.17) is 4.42 Å². The number of halogens is 2. The topological polar surface area (TPSA) is 13.1 Å². The highest BCUT2D eigenvalue weighted by Crippen LogP contribution is 2.15. The van der Waals surface area contributed by atoms with E-state index in [0.29, 0.717) is 0 Å². The van der Waals surface area contributed by atoms with Gasteiger partial charge in [0.2, 0.25) is 0 Å². The van der Waals surface area contributed by atoms with Crippen LogP contribution < -0.4 is 0 Å². The van der Waals surface area contributed by atoms with Crippen LogP contribution in [0.15, 0.2) is 21.2 Å². The Balaban J connectivity index is 2.27. The Morgan fingerprint density at radius 2 is 2.09 bits per heavy atom. The maximum Gasteiger partial charge on any atom is 0.169 e. The second-order valence-corrected chi connectivity index (χ2v) is 3.93. The SMILES string of the molecule is BrCCCCc1ccc(Br)o1. The summed E-state index contributed by atoms with van der Waals surface area (Å²) in [5, 5.41) is 1.08. The molecule has 0 N–H and O–H groups in total. The maximum absolute atomic E-state index is 5.33. The standard InChI is InChI=1S/C8H10Br2O/c9-6-2-1-3-7-4-5-8(10)11-7/h4-5H,1-3,6H2. The van der Waals surface area contributed by atoms with Gasteiger partial charge < -0.3 is 4.42 Å². The Morgan fingerprint density at radius 3 is 2.64 bits per heavy atom. The lowest BCUT2D eigenvalue weighted by Gasteiger charge is -1.93. The smallest absolute Gasteiger partial charge is 0.169 e. The van der Waals surface area contributed by atoms with Gasteiger partial charge in [-0.15, -0.1) is 0 Å². The number of aryl methyl sites for hydroxylation is 1. The summed E-state index contributed by atoms with van der Waals surface area (Å²) in [6, 6.07) is 3.95. The van der Waals surface area contributed by atoms with Crippen molar-refractivity contribution in [1.29, 1.82) is 0 Å². The predicted octanol–water partition coefficient (Wildman–Crippen LogP) is 3.76. The first-order chi connectivity index (χ1) is 5.33. The molecular formula is C8H10Br2O. The Bertz CT molecular complexity index is 208. The van der Waals surface area contributed by atoms with E-state index >= 15 is 0 Å². The van der Waals surface area contributed by atoms with Gasteiger partial charge in [0.25, 0.3) is 0 Å². The van der Waals surface area contributed by atoms with Gasteiger partial charge in [-0.2, -0.15) is 0 Å². The second kappa shape index (κ2) is 4.99. The summed E-state index contributed by atoms with van der Waals surface area (Å²) in [6.07, 6.45) is 3.43. The van der Waals surface area contributed by atoms with Gasteiger partial charge in [0.05, 0.1) is 0 Å². The highest BCUT2D eigenvalue weighted by molar-refractivity contribution is 9.10. The van der Waals surface area contributed by atoms with E-state index in [-0.39, 0.29) is 0 Å². The van der Waals surface area contributed by atoms with Gasteiger partial charge in [0.1, 0.15) is 5.76 Å². The van der Waals surface area contributed by atoms with E-state index in [1.807, 2.05) is 12.1 Å². The van der Waals surface area contributed by atoms with E-state index < -0.39 is 0 Å². The van der Waals surface area contributed by atoms with Gasteiger partial charge in [0.15, 0.2) is 4.67 Å². The van der Waals surface area contributed by atoms with Crippen molar-refractivity contribution in [1.82, 2.24) is 0 Å². The molecule has 1 aromatic rings. The van der Waals surface area contributed by atoms with Gasteiger partial charge in [0, 0.05) is 11.8 Å². The number of furan rings is 1. The third-order valence-corrected chi connectivity index (χ3v) is 2.42. The van der Waals surface area contributed by atoms with Gasteiger partial charge in [-0.3, -0.25) is 0 Å². The molecule has 0 spiro atoms. The molecule has 0 fully saturated rings. The molecule has 1 aromatic heterocycles. The highest BCUT2D eigenvalue weighted by atomic mass is 79.9. The molecule has 0 radical (unpaired) electrons. The Hall–Kier alpha value is 0.240. The molecule has 0 aliphatic heterocycles. The van der Waals surface area contributed by atoms with Crippen molar-refractivity contribution in [3.63, 3.8) is 0 Å². The lowest BCUT2D eigenvalue weighted by Crippen LogP contribution is -1.82. The van der Waals surface area contributed by atoms with Gasteiger partial charge in [-0.1, -0.05) is 15.9 Å². The molecule has 0 saturated carbocycles. The van der Waals surface area contributed by atoms with E-state index in [0.717, 1.165) is 22.2 Å². The van der Waals surface area contributed by atoms with Crippen LogP contribution in [0.4, 0.5) is 0 Å². The van der Waals surface area contributed by atoms with Crippen LogP contribution in [0.1, 0.15) is 18.6 Å². The molecule has 0 unspecified atom stereocenters. The summed E-state index contributed by atoms with van der Waals surface area (Å²) in [5.74, 6) is 1.07. The summed E-state index contributed by atoms with van der Waals surface area (Å²) >= 11 is 6.65. The van der Waals surface area contributed by atoms with Crippen LogP contribution in [0.2, 0.25) is 0 Å². The minimum Gasteiger partial charge on any atom is -0.454 e. The molecule has 0 amide bonds. The normalized spacial score (nSPS) is 10.4. The zero-order valence-corrected chi connectivity index (χ0v) is 9.32. The molecule has 0 bridgehead atoms. The molecule has 1 heterocycles. The molecular weight excluding hydrogens is 272 g/mol. The third kappa shape index (κ3) is 3.43. The van der Waals surface area contributed by atoms with Gasteiger partial charge in [-0.25, -0.2) is 0 Å². The molecule has 1 nitrogen and oxygen atoms in total. The van der Waals surface area contributed by atoms with Crippen molar-refractivity contribution in [3.05, 3.63) is 22.6 Å². The molecule has 0 saturated heterocycles. The summed E-state index contributed by atoms with van der Waals surface area (Å²) in [4.78, 5) is 0. The largest absolute Gasteiger partial charge is 0.454 e. The molecule has 0 aromatic carbocycles. The molecule has 0 aliphatic carbocycles. The molecule has 0 aliphatic rings. The quantitative estimate of drug-likeness (QED) is 0.605. The lowest BCUT2D eigenvalue weighted by atomic mass is 10.2. The van der Waals surface area contributed by atoms with E-state index in [2.05, 4.69) is 31.9 Å². The van der Waals surface area contributed by atoms with Crippen LogP contribution in [0.3, 0.4) is 0 Å². The fourth-order valence-corrected chi connectivity index (χ4v) is 1.62. The lowest BCUT2D eigenvalue weighted by molar-refractivity contribution is 0.481. The summed E-state index contributed by atoms with van der Waals surface area (Å²) < 4.78 is 6.16. The average Bonchev–Trinajstić information content (AvgIpc) is 2.37. The Morgan fingerprint density at radius 1 is 1.27 bits per heavy atom. The maximum atomic E-state index is 5.33. The molecule has 1 rings (SSSR count). The van der Waals surface area contributed by atoms with Crippen LogP contribution in [-0.2, 0) is 6.42 Å². The molecule has 3 heteroatoms. The van der Waals surface area contributed by atoms with Gasteiger partial charge in [-0.05, 0) is 40.9 Å². The summed E-state index contributed by atoms with van der Waals surface area (Å²) in [7, 11) is 0. The number of rotatable bonds is 4. The predicted molar refractivity (Wildman–Crippen MR) is 53.1 cm³/mol. The van der Waals surface area contributed by atoms with Gasteiger partial charge >= 0.3 is 0 Å². The van der Waals surface area contributed by atoms with Crippen molar-refractivity contribution >= 4 is 31.9 Å². The van der Waals surface area contributed by atoms with Crippen molar-refractivity contribution in [3.8, 4) is 0 Å². The van der Waals surface area contributed by atoms with Crippen molar-refractivity contribution in [2.75, 3.05) is 5.33 Å². The first kappa shape index (κ1) is 9.33. The molecule has 0 atom stereocenters. The first-order valence-electron chi connectivity index (χ1n) is 3.63. The molecule has 62 valence electrons. The third-order valence-electron chi connectivity index (χ3n) is 1.44. The van der Waals surface area contributed by atoms with E-state index in [1.165, 1.54) is 12.8 Å². The minimum absolute atomic E-state index is 0.825. The Labute approximate surface area is 83.4 Å². The number of alkyl halides is 1. The van der Waals surface area contributed by atoms with Crippen LogP contribution in [-0.4, -0.2) is 5.33 Å². The second-order valence-electron chi connectivity index (χ2n) is 2.35. The van der Waals surface area contributed by atoms with Crippen LogP contribution >= 0.6 is 31.9 Å². The van der Waals surface area contributed by atoms with E-state index in [9.17, 15) is 0 Å².